The van der Waals surface area contributed by atoms with Gasteiger partial charge in [0.15, 0.2) is 5.76 Å². The fourth-order valence-electron chi connectivity index (χ4n) is 3.18. The number of rotatable bonds is 4. The predicted molar refractivity (Wildman–Crippen MR) is 94.1 cm³/mol. The molecule has 1 aliphatic heterocycles. The van der Waals surface area contributed by atoms with Crippen molar-refractivity contribution in [2.45, 2.75) is 52.0 Å². The first-order valence-corrected chi connectivity index (χ1v) is 8.72. The van der Waals surface area contributed by atoms with E-state index in [-0.39, 0.29) is 12.1 Å². The lowest BCUT2D eigenvalue weighted by atomic mass is 10.1. The molecule has 0 unspecified atom stereocenters. The Kier molecular flexibility index (Phi) is 4.88. The molecule has 1 aliphatic rings. The predicted octanol–water partition coefficient (Wildman–Crippen LogP) is 4.73. The minimum Gasteiger partial charge on any atom is -0.359 e. The number of likely N-dealkylation sites (tertiary alicyclic amines) is 1. The summed E-state index contributed by atoms with van der Waals surface area (Å²) in [6, 6.07) is 9.83. The van der Waals surface area contributed by atoms with Gasteiger partial charge in [-0.1, -0.05) is 44.1 Å². The number of benzene rings is 1. The maximum absolute atomic E-state index is 12.8. The Morgan fingerprint density at radius 1 is 1.42 bits per heavy atom. The van der Waals surface area contributed by atoms with E-state index in [1.807, 2.05) is 35.2 Å². The SMILES string of the molecule is CCc1ccccc1NC(=O)N1CCC[C@@H]1c1cc(C(C)C)no1. The van der Waals surface area contributed by atoms with E-state index in [0.717, 1.165) is 48.5 Å². The maximum Gasteiger partial charge on any atom is 0.322 e. The minimum absolute atomic E-state index is 0.0289. The number of anilines is 1. The molecular formula is C19H25N3O2. The monoisotopic (exact) mass is 327 g/mol. The molecule has 5 heteroatoms. The van der Waals surface area contributed by atoms with Crippen LogP contribution in [0.15, 0.2) is 34.9 Å². The fraction of sp³-hybridized carbons (Fsp3) is 0.474. The number of aromatic nitrogens is 1. The summed E-state index contributed by atoms with van der Waals surface area (Å²) >= 11 is 0. The van der Waals surface area contributed by atoms with Crippen LogP contribution in [0.1, 0.15) is 62.6 Å². The molecule has 1 fully saturated rings. The van der Waals surface area contributed by atoms with Crippen LogP contribution in [0.5, 0.6) is 0 Å². The van der Waals surface area contributed by atoms with Crippen molar-refractivity contribution in [1.29, 1.82) is 0 Å². The Morgan fingerprint density at radius 3 is 2.92 bits per heavy atom. The van der Waals surface area contributed by atoms with Gasteiger partial charge in [-0.2, -0.15) is 0 Å². The van der Waals surface area contributed by atoms with E-state index in [2.05, 4.69) is 31.2 Å². The first kappa shape index (κ1) is 16.6. The summed E-state index contributed by atoms with van der Waals surface area (Å²) in [5, 5.41) is 7.19. The number of aryl methyl sites for hydroxylation is 1. The van der Waals surface area contributed by atoms with Gasteiger partial charge in [-0.3, -0.25) is 0 Å². The lowest BCUT2D eigenvalue weighted by molar-refractivity contribution is 0.195. The van der Waals surface area contributed by atoms with Crippen LogP contribution in [0.2, 0.25) is 0 Å². The van der Waals surface area contributed by atoms with Crippen LogP contribution in [-0.4, -0.2) is 22.6 Å². The number of carbonyl (C=O) groups is 1. The number of carbonyl (C=O) groups excluding carboxylic acids is 1. The summed E-state index contributed by atoms with van der Waals surface area (Å²) in [7, 11) is 0. The topological polar surface area (TPSA) is 58.4 Å². The minimum atomic E-state index is -0.0686. The first-order chi connectivity index (χ1) is 11.6. The van der Waals surface area contributed by atoms with Crippen molar-refractivity contribution in [3.63, 3.8) is 0 Å². The van der Waals surface area contributed by atoms with E-state index >= 15 is 0 Å². The normalized spacial score (nSPS) is 17.5. The zero-order valence-corrected chi connectivity index (χ0v) is 14.6. The van der Waals surface area contributed by atoms with Crippen LogP contribution in [0.25, 0.3) is 0 Å². The van der Waals surface area contributed by atoms with E-state index in [9.17, 15) is 4.79 Å². The molecule has 0 aliphatic carbocycles. The Balaban J connectivity index is 1.76. The highest BCUT2D eigenvalue weighted by Crippen LogP contribution is 2.33. The Labute approximate surface area is 143 Å². The van der Waals surface area contributed by atoms with Crippen molar-refractivity contribution in [2.24, 2.45) is 0 Å². The fourth-order valence-corrected chi connectivity index (χ4v) is 3.18. The van der Waals surface area contributed by atoms with Crippen LogP contribution in [0, 0.1) is 0 Å². The third kappa shape index (κ3) is 3.30. The molecule has 0 bridgehead atoms. The molecular weight excluding hydrogens is 302 g/mol. The summed E-state index contributed by atoms with van der Waals surface area (Å²) < 4.78 is 5.51. The van der Waals surface area contributed by atoms with Gasteiger partial charge in [0.05, 0.1) is 11.7 Å². The molecule has 2 aromatic rings. The smallest absolute Gasteiger partial charge is 0.322 e. The average molecular weight is 327 g/mol. The van der Waals surface area contributed by atoms with Crippen molar-refractivity contribution >= 4 is 11.7 Å². The van der Waals surface area contributed by atoms with Crippen LogP contribution in [0.4, 0.5) is 10.5 Å². The molecule has 128 valence electrons. The lowest BCUT2D eigenvalue weighted by Gasteiger charge is -2.23. The van der Waals surface area contributed by atoms with Crippen molar-refractivity contribution in [3.8, 4) is 0 Å². The quantitative estimate of drug-likeness (QED) is 0.883. The van der Waals surface area contributed by atoms with Gasteiger partial charge in [-0.15, -0.1) is 0 Å². The number of hydrogen-bond donors (Lipinski definition) is 1. The van der Waals surface area contributed by atoms with Gasteiger partial charge in [0.1, 0.15) is 0 Å². The molecule has 0 saturated carbocycles. The third-order valence-corrected chi connectivity index (χ3v) is 4.62. The third-order valence-electron chi connectivity index (χ3n) is 4.62. The molecule has 24 heavy (non-hydrogen) atoms. The molecule has 0 radical (unpaired) electrons. The number of nitrogens with zero attached hydrogens (tertiary/aromatic N) is 2. The Morgan fingerprint density at radius 2 is 2.21 bits per heavy atom. The van der Waals surface area contributed by atoms with E-state index < -0.39 is 0 Å². The zero-order valence-electron chi connectivity index (χ0n) is 14.6. The van der Waals surface area contributed by atoms with Gasteiger partial charge >= 0.3 is 6.03 Å². The van der Waals surface area contributed by atoms with E-state index in [4.69, 9.17) is 4.52 Å². The maximum atomic E-state index is 12.8. The molecule has 1 N–H and O–H groups in total. The molecule has 2 amide bonds. The highest BCUT2D eigenvalue weighted by atomic mass is 16.5. The van der Waals surface area contributed by atoms with Gasteiger partial charge in [-0.25, -0.2) is 4.79 Å². The van der Waals surface area contributed by atoms with Gasteiger partial charge in [-0.05, 0) is 36.8 Å². The van der Waals surface area contributed by atoms with E-state index in [0.29, 0.717) is 5.92 Å². The summed E-state index contributed by atoms with van der Waals surface area (Å²) in [6.45, 7) is 7.00. The van der Waals surface area contributed by atoms with Crippen molar-refractivity contribution in [1.82, 2.24) is 10.1 Å². The second kappa shape index (κ2) is 7.07. The van der Waals surface area contributed by atoms with E-state index in [1.165, 1.54) is 0 Å². The number of hydrogen-bond acceptors (Lipinski definition) is 3. The Hall–Kier alpha value is -2.30. The van der Waals surface area contributed by atoms with Crippen LogP contribution < -0.4 is 5.32 Å². The van der Waals surface area contributed by atoms with Gasteiger partial charge in [0.25, 0.3) is 0 Å². The van der Waals surface area contributed by atoms with Crippen molar-refractivity contribution < 1.29 is 9.32 Å². The second-order valence-electron chi connectivity index (χ2n) is 6.60. The number of urea groups is 1. The summed E-state index contributed by atoms with van der Waals surface area (Å²) in [6.07, 6.45) is 2.78. The van der Waals surface area contributed by atoms with Crippen LogP contribution in [0.3, 0.4) is 0 Å². The first-order valence-electron chi connectivity index (χ1n) is 8.72. The lowest BCUT2D eigenvalue weighted by Crippen LogP contribution is -2.34. The molecule has 1 saturated heterocycles. The summed E-state index contributed by atoms with van der Waals surface area (Å²) in [5.41, 5.74) is 2.97. The summed E-state index contributed by atoms with van der Waals surface area (Å²) in [4.78, 5) is 14.6. The molecule has 0 spiro atoms. The summed E-state index contributed by atoms with van der Waals surface area (Å²) in [5.74, 6) is 1.11. The highest BCUT2D eigenvalue weighted by Gasteiger charge is 2.33. The van der Waals surface area contributed by atoms with Crippen molar-refractivity contribution in [2.75, 3.05) is 11.9 Å². The largest absolute Gasteiger partial charge is 0.359 e. The Bertz CT molecular complexity index is 708. The second-order valence-corrected chi connectivity index (χ2v) is 6.60. The van der Waals surface area contributed by atoms with Gasteiger partial charge in [0, 0.05) is 18.3 Å². The molecule has 1 atom stereocenters. The van der Waals surface area contributed by atoms with Gasteiger partial charge < -0.3 is 14.7 Å². The van der Waals surface area contributed by atoms with Crippen molar-refractivity contribution in [3.05, 3.63) is 47.3 Å². The highest BCUT2D eigenvalue weighted by molar-refractivity contribution is 5.90. The molecule has 3 rings (SSSR count). The molecule has 2 heterocycles. The van der Waals surface area contributed by atoms with Gasteiger partial charge in [0.2, 0.25) is 0 Å². The van der Waals surface area contributed by atoms with Crippen LogP contribution >= 0.6 is 0 Å². The molecule has 5 nitrogen and oxygen atoms in total. The average Bonchev–Trinajstić information content (AvgIpc) is 3.24. The molecule has 1 aromatic carbocycles. The molecule has 1 aromatic heterocycles. The number of amides is 2. The number of para-hydroxylation sites is 1. The standard InChI is InChI=1S/C19H25N3O2/c1-4-14-8-5-6-9-15(14)20-19(23)22-11-7-10-17(22)18-12-16(13(2)3)21-24-18/h5-6,8-9,12-13,17H,4,7,10-11H2,1-3H3,(H,20,23)/t17-/m1/s1. The van der Waals surface area contributed by atoms with E-state index in [1.54, 1.807) is 0 Å². The number of nitrogens with one attached hydrogen (secondary N) is 1. The zero-order chi connectivity index (χ0) is 17.1. The van der Waals surface area contributed by atoms with Crippen LogP contribution in [-0.2, 0) is 6.42 Å².